The van der Waals surface area contributed by atoms with Crippen LogP contribution in [0, 0.1) is 5.92 Å². The summed E-state index contributed by atoms with van der Waals surface area (Å²) in [4.78, 5) is 14.1. The molecule has 0 spiro atoms. The number of carbonyl (C=O) groups excluding carboxylic acids is 1. The summed E-state index contributed by atoms with van der Waals surface area (Å²) in [6, 6.07) is 1.10. The summed E-state index contributed by atoms with van der Waals surface area (Å²) >= 11 is 0. The van der Waals surface area contributed by atoms with Crippen molar-refractivity contribution in [3.63, 3.8) is 0 Å². The lowest BCUT2D eigenvalue weighted by Crippen LogP contribution is -2.57. The predicted molar refractivity (Wildman–Crippen MR) is 73.5 cm³/mol. The van der Waals surface area contributed by atoms with Crippen LogP contribution in [0.4, 0.5) is 0 Å². The Morgan fingerprint density at radius 2 is 2.11 bits per heavy atom. The molecule has 1 fully saturated rings. The third kappa shape index (κ3) is 4.25. The molecule has 0 saturated carbocycles. The highest BCUT2D eigenvalue weighted by Gasteiger charge is 2.28. The molecule has 1 aliphatic heterocycles. The number of nitrogens with zero attached hydrogens (tertiary/aromatic N) is 1. The lowest BCUT2D eigenvalue weighted by Gasteiger charge is -2.40. The molecule has 0 aromatic heterocycles. The molecule has 0 bridgehead atoms. The number of esters is 1. The highest BCUT2D eigenvalue weighted by molar-refractivity contribution is 5.72. The fourth-order valence-electron chi connectivity index (χ4n) is 2.54. The maximum absolute atomic E-state index is 11.7. The molecule has 3 unspecified atom stereocenters. The number of nitrogens with one attached hydrogen (secondary N) is 1. The third-order valence-electron chi connectivity index (χ3n) is 3.77. The molecule has 0 aromatic rings. The van der Waals surface area contributed by atoms with Crippen molar-refractivity contribution in [3.8, 4) is 0 Å². The number of piperazine rings is 1. The average molecular weight is 256 g/mol. The second-order valence-corrected chi connectivity index (χ2v) is 5.18. The van der Waals surface area contributed by atoms with Crippen LogP contribution in [0.3, 0.4) is 0 Å². The Kier molecular flexibility index (Phi) is 6.65. The minimum Gasteiger partial charge on any atom is -0.466 e. The van der Waals surface area contributed by atoms with Crippen molar-refractivity contribution in [3.05, 3.63) is 0 Å². The van der Waals surface area contributed by atoms with Gasteiger partial charge in [0.1, 0.15) is 0 Å². The molecule has 0 aliphatic carbocycles. The molecule has 3 atom stereocenters. The molecule has 1 saturated heterocycles. The van der Waals surface area contributed by atoms with E-state index in [1.165, 1.54) is 0 Å². The molecule has 1 heterocycles. The molecule has 18 heavy (non-hydrogen) atoms. The zero-order chi connectivity index (χ0) is 13.5. The predicted octanol–water partition coefficient (Wildman–Crippen LogP) is 1.65. The minimum absolute atomic E-state index is 0.0328. The van der Waals surface area contributed by atoms with E-state index in [9.17, 15) is 4.79 Å². The van der Waals surface area contributed by atoms with Crippen LogP contribution in [0.25, 0.3) is 0 Å². The van der Waals surface area contributed by atoms with Crippen LogP contribution in [0.15, 0.2) is 0 Å². The fraction of sp³-hybridized carbons (Fsp3) is 0.929. The van der Waals surface area contributed by atoms with Gasteiger partial charge >= 0.3 is 5.97 Å². The van der Waals surface area contributed by atoms with Gasteiger partial charge in [0.15, 0.2) is 0 Å². The van der Waals surface area contributed by atoms with E-state index in [2.05, 4.69) is 24.1 Å². The van der Waals surface area contributed by atoms with Crippen molar-refractivity contribution in [1.29, 1.82) is 0 Å². The van der Waals surface area contributed by atoms with E-state index in [0.717, 1.165) is 32.5 Å². The fourth-order valence-corrected chi connectivity index (χ4v) is 2.54. The molecule has 1 aliphatic rings. The van der Waals surface area contributed by atoms with Crippen LogP contribution in [-0.2, 0) is 9.53 Å². The molecule has 4 heteroatoms. The Morgan fingerprint density at radius 3 is 2.67 bits per heavy atom. The zero-order valence-electron chi connectivity index (χ0n) is 12.2. The van der Waals surface area contributed by atoms with Gasteiger partial charge in [-0.2, -0.15) is 0 Å². The Bertz CT molecular complexity index is 258. The summed E-state index contributed by atoms with van der Waals surface area (Å²) in [5.74, 6) is -0.103. The second kappa shape index (κ2) is 7.74. The van der Waals surface area contributed by atoms with Crippen LogP contribution in [0.5, 0.6) is 0 Å². The minimum atomic E-state index is -0.0704. The van der Waals surface area contributed by atoms with E-state index in [0.29, 0.717) is 18.7 Å². The van der Waals surface area contributed by atoms with Crippen molar-refractivity contribution < 1.29 is 9.53 Å². The highest BCUT2D eigenvalue weighted by Crippen LogP contribution is 2.15. The van der Waals surface area contributed by atoms with Gasteiger partial charge in [0.25, 0.3) is 0 Å². The van der Waals surface area contributed by atoms with Crippen molar-refractivity contribution >= 4 is 5.97 Å². The van der Waals surface area contributed by atoms with Gasteiger partial charge < -0.3 is 10.1 Å². The van der Waals surface area contributed by atoms with Gasteiger partial charge in [0.05, 0.1) is 12.5 Å². The topological polar surface area (TPSA) is 41.6 Å². The Balaban J connectivity index is 2.52. The zero-order valence-corrected chi connectivity index (χ0v) is 12.2. The van der Waals surface area contributed by atoms with E-state index in [4.69, 9.17) is 4.74 Å². The maximum atomic E-state index is 11.7. The monoisotopic (exact) mass is 256 g/mol. The first-order chi connectivity index (χ1) is 8.62. The summed E-state index contributed by atoms with van der Waals surface area (Å²) in [7, 11) is 0. The third-order valence-corrected chi connectivity index (χ3v) is 3.77. The molecule has 106 valence electrons. The van der Waals surface area contributed by atoms with Crippen molar-refractivity contribution in [2.24, 2.45) is 5.92 Å². The normalized spacial score (nSPS) is 26.9. The second-order valence-electron chi connectivity index (χ2n) is 5.18. The first kappa shape index (κ1) is 15.4. The SMILES string of the molecule is CCOC(=O)C(C)CN1CC(CC)NCC1CC. The van der Waals surface area contributed by atoms with Crippen LogP contribution >= 0.6 is 0 Å². The van der Waals surface area contributed by atoms with Crippen molar-refractivity contribution in [2.45, 2.75) is 52.6 Å². The molecular formula is C14H28N2O2. The first-order valence-corrected chi connectivity index (χ1v) is 7.26. The molecule has 1 N–H and O–H groups in total. The highest BCUT2D eigenvalue weighted by atomic mass is 16.5. The smallest absolute Gasteiger partial charge is 0.309 e. The lowest BCUT2D eigenvalue weighted by molar-refractivity contribution is -0.148. The van der Waals surface area contributed by atoms with E-state index in [1.54, 1.807) is 0 Å². The van der Waals surface area contributed by atoms with Gasteiger partial charge in [0.2, 0.25) is 0 Å². The van der Waals surface area contributed by atoms with Crippen molar-refractivity contribution in [1.82, 2.24) is 10.2 Å². The summed E-state index contributed by atoms with van der Waals surface area (Å²) in [6.07, 6.45) is 2.26. The first-order valence-electron chi connectivity index (χ1n) is 7.26. The molecule has 1 rings (SSSR count). The number of rotatable bonds is 6. The molecule has 0 aromatic carbocycles. The quantitative estimate of drug-likeness (QED) is 0.734. The number of ether oxygens (including phenoxy) is 1. The van der Waals surface area contributed by atoms with Gasteiger partial charge in [-0.1, -0.05) is 20.8 Å². The van der Waals surface area contributed by atoms with Crippen LogP contribution in [-0.4, -0.2) is 49.2 Å². The summed E-state index contributed by atoms with van der Waals surface area (Å²) in [5.41, 5.74) is 0. The van der Waals surface area contributed by atoms with Crippen LogP contribution in [0.1, 0.15) is 40.5 Å². The molecule has 4 nitrogen and oxygen atoms in total. The summed E-state index contributed by atoms with van der Waals surface area (Å²) in [5, 5.41) is 3.57. The Morgan fingerprint density at radius 1 is 1.39 bits per heavy atom. The van der Waals surface area contributed by atoms with Crippen LogP contribution < -0.4 is 5.32 Å². The Hall–Kier alpha value is -0.610. The van der Waals surface area contributed by atoms with E-state index >= 15 is 0 Å². The summed E-state index contributed by atoms with van der Waals surface area (Å²) < 4.78 is 5.09. The largest absolute Gasteiger partial charge is 0.466 e. The maximum Gasteiger partial charge on any atom is 0.309 e. The van der Waals surface area contributed by atoms with Gasteiger partial charge in [-0.3, -0.25) is 9.69 Å². The average Bonchev–Trinajstić information content (AvgIpc) is 2.38. The van der Waals surface area contributed by atoms with Crippen LogP contribution in [0.2, 0.25) is 0 Å². The van der Waals surface area contributed by atoms with Gasteiger partial charge in [-0.25, -0.2) is 0 Å². The molecule has 0 radical (unpaired) electrons. The van der Waals surface area contributed by atoms with Gasteiger partial charge in [-0.05, 0) is 19.8 Å². The number of carbonyl (C=O) groups is 1. The van der Waals surface area contributed by atoms with Gasteiger partial charge in [0, 0.05) is 31.7 Å². The standard InChI is InChI=1S/C14H28N2O2/c1-5-12-10-16(13(6-2)8-15-12)9-11(4)14(17)18-7-3/h11-13,15H,5-10H2,1-4H3. The van der Waals surface area contributed by atoms with E-state index < -0.39 is 0 Å². The number of hydrogen-bond acceptors (Lipinski definition) is 4. The lowest BCUT2D eigenvalue weighted by atomic mass is 10.0. The molecular weight excluding hydrogens is 228 g/mol. The number of hydrogen-bond donors (Lipinski definition) is 1. The summed E-state index contributed by atoms with van der Waals surface area (Å²) in [6.45, 7) is 11.6. The molecule has 0 amide bonds. The van der Waals surface area contributed by atoms with E-state index in [1.807, 2.05) is 13.8 Å². The van der Waals surface area contributed by atoms with E-state index in [-0.39, 0.29) is 11.9 Å². The van der Waals surface area contributed by atoms with Crippen molar-refractivity contribution in [2.75, 3.05) is 26.2 Å². The van der Waals surface area contributed by atoms with Gasteiger partial charge in [-0.15, -0.1) is 0 Å². The Labute approximate surface area is 111 Å².